The van der Waals surface area contributed by atoms with Gasteiger partial charge >= 0.3 is 0 Å². The molecule has 11 heteroatoms. The van der Waals surface area contributed by atoms with Gasteiger partial charge in [-0.2, -0.15) is 0 Å². The van der Waals surface area contributed by atoms with Gasteiger partial charge in [0.15, 0.2) is 0 Å². The van der Waals surface area contributed by atoms with Crippen LogP contribution in [-0.4, -0.2) is 65.5 Å². The summed E-state index contributed by atoms with van der Waals surface area (Å²) in [5.41, 5.74) is 2.14. The highest BCUT2D eigenvalue weighted by molar-refractivity contribution is 9.10. The van der Waals surface area contributed by atoms with Crippen molar-refractivity contribution in [2.45, 2.75) is 31.0 Å². The van der Waals surface area contributed by atoms with E-state index in [1.807, 2.05) is 19.2 Å². The summed E-state index contributed by atoms with van der Waals surface area (Å²) < 4.78 is 31.9. The normalized spacial score (nSPS) is 15.6. The molecule has 40 heavy (non-hydrogen) atoms. The average Bonchev–Trinajstić information content (AvgIpc) is 3.39. The second-order valence-corrected chi connectivity index (χ2v) is 12.7. The Morgan fingerprint density at radius 3 is 2.58 bits per heavy atom. The monoisotopic (exact) mass is 619 g/mol. The molecule has 3 aromatic carbocycles. The van der Waals surface area contributed by atoms with Crippen molar-refractivity contribution in [3.05, 3.63) is 89.4 Å². The summed E-state index contributed by atoms with van der Waals surface area (Å²) in [4.78, 5) is 9.16. The molecule has 206 valence electrons. The Labute approximate surface area is 242 Å². The molecule has 0 saturated carbocycles. The number of aromatic nitrogens is 4. The first-order valence-corrected chi connectivity index (χ1v) is 15.5. The summed E-state index contributed by atoms with van der Waals surface area (Å²) >= 11 is 3.67. The van der Waals surface area contributed by atoms with Crippen LogP contribution in [0.5, 0.6) is 0 Å². The van der Waals surface area contributed by atoms with Crippen molar-refractivity contribution in [3.63, 3.8) is 0 Å². The van der Waals surface area contributed by atoms with Gasteiger partial charge in [0.25, 0.3) is 0 Å². The lowest BCUT2D eigenvalue weighted by Gasteiger charge is -2.36. The molecular weight excluding hydrogens is 590 g/mol. The number of piperazine rings is 1. The van der Waals surface area contributed by atoms with Gasteiger partial charge in [-0.05, 0) is 36.6 Å². The second kappa shape index (κ2) is 11.2. The number of hydrogen-bond donors (Lipinski definition) is 1. The number of nitrogens with zero attached hydrogens (tertiary/aromatic N) is 6. The molecule has 3 heterocycles. The van der Waals surface area contributed by atoms with Gasteiger partial charge in [-0.15, -0.1) is 5.10 Å². The van der Waals surface area contributed by atoms with E-state index in [4.69, 9.17) is 0 Å². The van der Waals surface area contributed by atoms with E-state index in [2.05, 4.69) is 82.1 Å². The second-order valence-electron chi connectivity index (χ2n) is 10.2. The van der Waals surface area contributed by atoms with Crippen molar-refractivity contribution in [3.8, 4) is 0 Å². The zero-order chi connectivity index (χ0) is 27.7. The van der Waals surface area contributed by atoms with E-state index in [9.17, 15) is 8.42 Å². The molecule has 2 aromatic heterocycles. The van der Waals surface area contributed by atoms with Crippen LogP contribution in [0.15, 0.2) is 88.6 Å². The smallest absolute Gasteiger partial charge is 0.241 e. The molecule has 1 aliphatic heterocycles. The number of hydrogen-bond acceptors (Lipinski definition) is 7. The van der Waals surface area contributed by atoms with E-state index in [-0.39, 0.29) is 10.9 Å². The summed E-state index contributed by atoms with van der Waals surface area (Å²) in [7, 11) is -3.72. The summed E-state index contributed by atoms with van der Waals surface area (Å²) in [6, 6.07) is 19.4. The minimum absolute atomic E-state index is 0.244. The van der Waals surface area contributed by atoms with Crippen molar-refractivity contribution in [1.29, 1.82) is 0 Å². The highest BCUT2D eigenvalue weighted by Gasteiger charge is 2.22. The number of pyridine rings is 1. The first-order chi connectivity index (χ1) is 19.4. The van der Waals surface area contributed by atoms with Crippen LogP contribution in [0.4, 0.5) is 5.69 Å². The molecular formula is C29H30BrN7O2S. The maximum atomic E-state index is 13.1. The number of sulfonamides is 1. The van der Waals surface area contributed by atoms with Crippen LogP contribution in [0, 0.1) is 0 Å². The third-order valence-corrected chi connectivity index (χ3v) is 9.62. The lowest BCUT2D eigenvalue weighted by atomic mass is 10.1. The Bertz CT molecular complexity index is 1760. The van der Waals surface area contributed by atoms with Crippen LogP contribution < -0.4 is 9.62 Å². The molecule has 1 saturated heterocycles. The van der Waals surface area contributed by atoms with E-state index in [0.717, 1.165) is 41.7 Å². The molecule has 0 unspecified atom stereocenters. The van der Waals surface area contributed by atoms with Crippen LogP contribution in [-0.2, 0) is 23.1 Å². The Hall–Kier alpha value is -3.38. The van der Waals surface area contributed by atoms with Gasteiger partial charge in [0, 0.05) is 83.7 Å². The van der Waals surface area contributed by atoms with Gasteiger partial charge in [-0.25, -0.2) is 13.1 Å². The van der Waals surface area contributed by atoms with E-state index in [1.54, 1.807) is 35.3 Å². The third-order valence-electron chi connectivity index (χ3n) is 7.28. The topological polar surface area (TPSA) is 96.2 Å². The minimum Gasteiger partial charge on any atom is -0.368 e. The molecule has 0 amide bonds. The first kappa shape index (κ1) is 26.8. The number of halogens is 1. The zero-order valence-corrected chi connectivity index (χ0v) is 24.5. The predicted molar refractivity (Wildman–Crippen MR) is 161 cm³/mol. The highest BCUT2D eigenvalue weighted by Crippen LogP contribution is 2.33. The number of rotatable bonds is 8. The first-order valence-electron chi connectivity index (χ1n) is 13.3. The Morgan fingerprint density at radius 2 is 1.75 bits per heavy atom. The summed E-state index contributed by atoms with van der Waals surface area (Å²) in [6.45, 7) is 6.63. The number of nitrogens with one attached hydrogen (secondary N) is 1. The molecule has 0 radical (unpaired) electrons. The Balaban J connectivity index is 1.05. The molecule has 1 aliphatic rings. The summed E-state index contributed by atoms with van der Waals surface area (Å²) in [6.07, 6.45) is 5.17. The molecule has 0 bridgehead atoms. The van der Waals surface area contributed by atoms with Crippen molar-refractivity contribution >= 4 is 53.2 Å². The van der Waals surface area contributed by atoms with Gasteiger partial charge < -0.3 is 4.90 Å². The van der Waals surface area contributed by atoms with Gasteiger partial charge in [0.05, 0.1) is 17.1 Å². The average molecular weight is 621 g/mol. The predicted octanol–water partition coefficient (Wildman–Crippen LogP) is 4.43. The number of benzene rings is 3. The van der Waals surface area contributed by atoms with Crippen LogP contribution in [0.2, 0.25) is 0 Å². The molecule has 5 aromatic rings. The maximum Gasteiger partial charge on any atom is 0.241 e. The summed E-state index contributed by atoms with van der Waals surface area (Å²) in [5.74, 6) is 0. The molecule has 1 fully saturated rings. The highest BCUT2D eigenvalue weighted by atomic mass is 79.9. The molecule has 1 N–H and O–H groups in total. The standard InChI is InChI=1S/C29H30BrN7O2S/c1-21(33-40(38,39)29-8-4-5-22-17-31-12-11-24(22)29)18-37-20-23(32-34-37)19-35-13-15-36(16-14-35)28-10-9-27(30)25-6-2-3-7-26(25)28/h2-12,17,20-21,33H,13-16,18-19H2,1H3/t21-/m0/s1. The largest absolute Gasteiger partial charge is 0.368 e. The Morgan fingerprint density at radius 1 is 0.950 bits per heavy atom. The molecule has 0 aliphatic carbocycles. The van der Waals surface area contributed by atoms with Crippen molar-refractivity contribution in [2.75, 3.05) is 31.1 Å². The Kier molecular flexibility index (Phi) is 7.54. The van der Waals surface area contributed by atoms with E-state index >= 15 is 0 Å². The SMILES string of the molecule is C[C@@H](Cn1cc(CN2CCN(c3ccc(Br)c4ccccc34)CC2)nn1)NS(=O)(=O)c1cccc2cnccc12. The van der Waals surface area contributed by atoms with E-state index in [1.165, 1.54) is 16.5 Å². The zero-order valence-electron chi connectivity index (χ0n) is 22.1. The van der Waals surface area contributed by atoms with Crippen LogP contribution in [0.25, 0.3) is 21.5 Å². The minimum atomic E-state index is -3.72. The molecule has 0 spiro atoms. The maximum absolute atomic E-state index is 13.1. The van der Waals surface area contributed by atoms with E-state index < -0.39 is 10.0 Å². The van der Waals surface area contributed by atoms with Crippen molar-refractivity contribution < 1.29 is 8.42 Å². The third kappa shape index (κ3) is 5.60. The van der Waals surface area contributed by atoms with Crippen LogP contribution >= 0.6 is 15.9 Å². The number of anilines is 1. The van der Waals surface area contributed by atoms with Crippen LogP contribution in [0.3, 0.4) is 0 Å². The van der Waals surface area contributed by atoms with Gasteiger partial charge in [0.2, 0.25) is 10.0 Å². The van der Waals surface area contributed by atoms with Crippen molar-refractivity contribution in [2.24, 2.45) is 0 Å². The fraction of sp³-hybridized carbons (Fsp3) is 0.276. The van der Waals surface area contributed by atoms with Crippen LogP contribution in [0.1, 0.15) is 12.6 Å². The lowest BCUT2D eigenvalue weighted by molar-refractivity contribution is 0.247. The van der Waals surface area contributed by atoms with Crippen molar-refractivity contribution in [1.82, 2.24) is 29.6 Å². The molecule has 1 atom stereocenters. The number of fused-ring (bicyclic) bond motifs is 2. The van der Waals surface area contributed by atoms with Gasteiger partial charge in [-0.3, -0.25) is 14.6 Å². The van der Waals surface area contributed by atoms with Gasteiger partial charge in [0.1, 0.15) is 0 Å². The lowest BCUT2D eigenvalue weighted by Crippen LogP contribution is -2.46. The quantitative estimate of drug-likeness (QED) is 0.274. The fourth-order valence-electron chi connectivity index (χ4n) is 5.37. The molecule has 9 nitrogen and oxygen atoms in total. The summed E-state index contributed by atoms with van der Waals surface area (Å²) in [5, 5.41) is 12.5. The molecule has 6 rings (SSSR count). The fourth-order valence-corrected chi connectivity index (χ4v) is 7.31. The van der Waals surface area contributed by atoms with E-state index in [0.29, 0.717) is 18.5 Å². The van der Waals surface area contributed by atoms with Gasteiger partial charge in [-0.1, -0.05) is 57.5 Å².